The maximum absolute atomic E-state index is 12.6. The van der Waals surface area contributed by atoms with E-state index in [1.807, 2.05) is 0 Å². The van der Waals surface area contributed by atoms with E-state index in [0.717, 1.165) is 16.5 Å². The van der Waals surface area contributed by atoms with Crippen LogP contribution in [0.25, 0.3) is 6.08 Å². The number of carbonyl (C=O) groups excluding carboxylic acids is 3. The number of nitro benzene ring substituents is 1. The molecule has 1 saturated heterocycles. The van der Waals surface area contributed by atoms with Crippen LogP contribution in [0.15, 0.2) is 35.2 Å². The first-order valence-corrected chi connectivity index (χ1v) is 10.2. The minimum atomic E-state index is -0.803. The van der Waals surface area contributed by atoms with E-state index in [0.29, 0.717) is 22.5 Å². The van der Waals surface area contributed by atoms with Crippen LogP contribution in [0.2, 0.25) is 5.02 Å². The number of nitrogens with one attached hydrogen (secondary N) is 1. The van der Waals surface area contributed by atoms with Gasteiger partial charge in [0.15, 0.2) is 5.75 Å². The summed E-state index contributed by atoms with van der Waals surface area (Å²) in [5.41, 5.74) is 0.782. The lowest BCUT2D eigenvalue weighted by molar-refractivity contribution is -0.386. The summed E-state index contributed by atoms with van der Waals surface area (Å²) in [7, 11) is 1.22. The van der Waals surface area contributed by atoms with Crippen molar-refractivity contribution >= 4 is 57.9 Å². The van der Waals surface area contributed by atoms with E-state index in [-0.39, 0.29) is 16.2 Å². The Morgan fingerprint density at radius 2 is 2.06 bits per heavy atom. The maximum atomic E-state index is 12.6. The highest BCUT2D eigenvalue weighted by atomic mass is 35.5. The van der Waals surface area contributed by atoms with Gasteiger partial charge in [-0.05, 0) is 54.1 Å². The summed E-state index contributed by atoms with van der Waals surface area (Å²) < 4.78 is 4.92. The molecule has 2 aromatic carbocycles. The average molecular weight is 478 g/mol. The molecule has 1 heterocycles. The molecule has 0 saturated carbocycles. The minimum Gasteiger partial charge on any atom is -0.500 e. The molecule has 3 amide bonds. The SMILES string of the molecule is COc1cc(/C=C2/SC(=O)N(CC(=O)Nc3ccc(C)c(Cl)c3)C2=O)cc([N+](=O)[O-])c1O. The second-order valence-electron chi connectivity index (χ2n) is 6.63. The Bertz CT molecular complexity index is 1180. The van der Waals surface area contributed by atoms with E-state index >= 15 is 0 Å². The molecule has 2 N–H and O–H groups in total. The standard InChI is InChI=1S/C20H16ClN3O7S/c1-10-3-4-12(8-13(10)21)22-17(25)9-23-19(27)16(32-20(23)28)7-11-5-14(24(29)30)18(26)15(6-11)31-2/h3-8,26H,9H2,1-2H3,(H,22,25)/b16-7+. The molecule has 0 aliphatic carbocycles. The Labute approximate surface area is 190 Å². The van der Waals surface area contributed by atoms with Gasteiger partial charge >= 0.3 is 5.69 Å². The van der Waals surface area contributed by atoms with Crippen LogP contribution in [0, 0.1) is 17.0 Å². The van der Waals surface area contributed by atoms with Crippen LogP contribution in [0.4, 0.5) is 16.2 Å². The van der Waals surface area contributed by atoms with E-state index in [1.54, 1.807) is 25.1 Å². The molecule has 166 valence electrons. The van der Waals surface area contributed by atoms with Crippen molar-refractivity contribution in [2.24, 2.45) is 0 Å². The van der Waals surface area contributed by atoms with E-state index in [1.165, 1.54) is 19.3 Å². The van der Waals surface area contributed by atoms with E-state index in [9.17, 15) is 29.6 Å². The molecule has 32 heavy (non-hydrogen) atoms. The summed E-state index contributed by atoms with van der Waals surface area (Å²) in [6, 6.07) is 7.22. The first kappa shape index (κ1) is 23.1. The second kappa shape index (κ2) is 9.28. The Hall–Kier alpha value is -3.57. The lowest BCUT2D eigenvalue weighted by atomic mass is 10.1. The monoisotopic (exact) mass is 477 g/mol. The van der Waals surface area contributed by atoms with Gasteiger partial charge in [-0.3, -0.25) is 29.4 Å². The van der Waals surface area contributed by atoms with Crippen LogP contribution in [0.3, 0.4) is 0 Å². The summed E-state index contributed by atoms with van der Waals surface area (Å²) in [5.74, 6) is -2.15. The van der Waals surface area contributed by atoms with Crippen LogP contribution in [0.5, 0.6) is 11.5 Å². The van der Waals surface area contributed by atoms with Crippen LogP contribution < -0.4 is 10.1 Å². The Morgan fingerprint density at radius 1 is 1.34 bits per heavy atom. The summed E-state index contributed by atoms with van der Waals surface area (Å²) in [5, 5.41) is 23.4. The number of aromatic hydroxyl groups is 1. The van der Waals surface area contributed by atoms with Gasteiger partial charge in [0.2, 0.25) is 11.7 Å². The van der Waals surface area contributed by atoms with Crippen LogP contribution in [0.1, 0.15) is 11.1 Å². The van der Waals surface area contributed by atoms with Gasteiger partial charge in [-0.2, -0.15) is 0 Å². The quantitative estimate of drug-likeness (QED) is 0.362. The van der Waals surface area contributed by atoms with Crippen molar-refractivity contribution < 1.29 is 29.2 Å². The van der Waals surface area contributed by atoms with Gasteiger partial charge in [-0.1, -0.05) is 17.7 Å². The molecule has 10 nitrogen and oxygen atoms in total. The number of carbonyl (C=O) groups is 3. The number of thioether (sulfide) groups is 1. The van der Waals surface area contributed by atoms with Gasteiger partial charge in [0.25, 0.3) is 11.1 Å². The van der Waals surface area contributed by atoms with Crippen molar-refractivity contribution in [3.63, 3.8) is 0 Å². The molecule has 2 aromatic rings. The lowest BCUT2D eigenvalue weighted by Gasteiger charge is -2.13. The third kappa shape index (κ3) is 4.84. The first-order chi connectivity index (χ1) is 15.1. The zero-order valence-electron chi connectivity index (χ0n) is 16.7. The fraction of sp³-hybridized carbons (Fsp3) is 0.150. The smallest absolute Gasteiger partial charge is 0.315 e. The largest absolute Gasteiger partial charge is 0.500 e. The molecule has 1 aliphatic rings. The molecule has 0 spiro atoms. The Kier molecular flexibility index (Phi) is 6.70. The number of halogens is 1. The molecule has 3 rings (SSSR count). The topological polar surface area (TPSA) is 139 Å². The number of benzene rings is 2. The van der Waals surface area contributed by atoms with Crippen LogP contribution in [-0.2, 0) is 9.59 Å². The Balaban J connectivity index is 1.79. The number of rotatable bonds is 6. The third-order valence-electron chi connectivity index (χ3n) is 4.42. The molecule has 0 atom stereocenters. The number of nitro groups is 1. The van der Waals surface area contributed by atoms with Gasteiger partial charge in [0.05, 0.1) is 16.9 Å². The highest BCUT2D eigenvalue weighted by Crippen LogP contribution is 2.39. The second-order valence-corrected chi connectivity index (χ2v) is 8.03. The van der Waals surface area contributed by atoms with Gasteiger partial charge in [0, 0.05) is 16.8 Å². The van der Waals surface area contributed by atoms with Crippen molar-refractivity contribution in [3.8, 4) is 11.5 Å². The zero-order chi connectivity index (χ0) is 23.6. The van der Waals surface area contributed by atoms with Crippen LogP contribution >= 0.6 is 23.4 Å². The zero-order valence-corrected chi connectivity index (χ0v) is 18.3. The highest BCUT2D eigenvalue weighted by molar-refractivity contribution is 8.18. The van der Waals surface area contributed by atoms with E-state index in [2.05, 4.69) is 5.32 Å². The molecule has 1 fully saturated rings. The number of hydrogen-bond acceptors (Lipinski definition) is 8. The van der Waals surface area contributed by atoms with Gasteiger partial charge in [-0.25, -0.2) is 0 Å². The van der Waals surface area contributed by atoms with Crippen molar-refractivity contribution in [2.75, 3.05) is 19.0 Å². The molecular formula is C20H16ClN3O7S. The molecule has 1 aliphatic heterocycles. The number of imide groups is 1. The van der Waals surface area contributed by atoms with Crippen molar-refractivity contribution in [3.05, 3.63) is 61.5 Å². The maximum Gasteiger partial charge on any atom is 0.315 e. The fourth-order valence-corrected chi connectivity index (χ4v) is 3.81. The molecule has 0 radical (unpaired) electrons. The highest BCUT2D eigenvalue weighted by Gasteiger charge is 2.36. The summed E-state index contributed by atoms with van der Waals surface area (Å²) >= 11 is 6.61. The normalized spacial score (nSPS) is 14.7. The number of phenols is 1. The van der Waals surface area contributed by atoms with Gasteiger partial charge in [-0.15, -0.1) is 0 Å². The van der Waals surface area contributed by atoms with Crippen molar-refractivity contribution in [1.29, 1.82) is 0 Å². The number of amides is 3. The Morgan fingerprint density at radius 3 is 2.69 bits per heavy atom. The predicted octanol–water partition coefficient (Wildman–Crippen LogP) is 3.95. The van der Waals surface area contributed by atoms with E-state index in [4.69, 9.17) is 16.3 Å². The number of aryl methyl sites for hydroxylation is 1. The lowest BCUT2D eigenvalue weighted by Crippen LogP contribution is -2.36. The number of methoxy groups -OCH3 is 1. The van der Waals surface area contributed by atoms with E-state index < -0.39 is 40.0 Å². The first-order valence-electron chi connectivity index (χ1n) is 8.97. The molecular weight excluding hydrogens is 462 g/mol. The number of ether oxygens (including phenoxy) is 1. The summed E-state index contributed by atoms with van der Waals surface area (Å²) in [6.45, 7) is 1.28. The number of nitrogens with zero attached hydrogens (tertiary/aromatic N) is 2. The number of anilines is 1. The summed E-state index contributed by atoms with van der Waals surface area (Å²) in [4.78, 5) is 48.3. The molecule has 0 aromatic heterocycles. The van der Waals surface area contributed by atoms with Crippen LogP contribution in [-0.4, -0.2) is 45.6 Å². The molecule has 0 bridgehead atoms. The minimum absolute atomic E-state index is 0.0387. The molecule has 0 unspecified atom stereocenters. The van der Waals surface area contributed by atoms with Crippen molar-refractivity contribution in [1.82, 2.24) is 4.90 Å². The van der Waals surface area contributed by atoms with Crippen molar-refractivity contribution in [2.45, 2.75) is 6.92 Å². The van der Waals surface area contributed by atoms with Gasteiger partial charge < -0.3 is 15.2 Å². The number of hydrogen-bond donors (Lipinski definition) is 2. The molecule has 12 heteroatoms. The fourth-order valence-electron chi connectivity index (χ4n) is 2.79. The third-order valence-corrected chi connectivity index (χ3v) is 5.74. The van der Waals surface area contributed by atoms with Gasteiger partial charge in [0.1, 0.15) is 6.54 Å². The average Bonchev–Trinajstić information content (AvgIpc) is 2.99. The predicted molar refractivity (Wildman–Crippen MR) is 119 cm³/mol. The summed E-state index contributed by atoms with van der Waals surface area (Å²) in [6.07, 6.45) is 1.25. The number of phenolic OH excluding ortho intramolecular Hbond substituents is 1.